The van der Waals surface area contributed by atoms with E-state index in [-0.39, 0.29) is 22.3 Å². The zero-order chi connectivity index (χ0) is 18.1. The number of carbonyl (C=O) groups excluding carboxylic acids is 1. The van der Waals surface area contributed by atoms with Crippen LogP contribution in [0.5, 0.6) is 0 Å². The number of carbonyl (C=O) groups is 1. The summed E-state index contributed by atoms with van der Waals surface area (Å²) in [6.45, 7) is 1.58. The number of likely N-dealkylation sites (tertiary alicyclic amines) is 1. The number of hydrogen-bond acceptors (Lipinski definition) is 4. The zero-order valence-corrected chi connectivity index (χ0v) is 14.9. The fraction of sp³-hybridized carbons (Fsp3) is 0.250. The molecule has 1 unspecified atom stereocenters. The van der Waals surface area contributed by atoms with E-state index in [0.717, 1.165) is 17.8 Å². The molecule has 0 saturated carbocycles. The van der Waals surface area contributed by atoms with Crippen LogP contribution in [0.1, 0.15) is 16.8 Å². The molecular formula is C20H18N2O3S. The molecule has 1 atom stereocenters. The monoisotopic (exact) mass is 366 g/mol. The maximum Gasteiger partial charge on any atom is 0.310 e. The van der Waals surface area contributed by atoms with Gasteiger partial charge in [0.1, 0.15) is 0 Å². The Morgan fingerprint density at radius 1 is 1.04 bits per heavy atom. The first-order valence-corrected chi connectivity index (χ1v) is 9.42. The van der Waals surface area contributed by atoms with Gasteiger partial charge in [-0.3, -0.25) is 19.0 Å². The number of hydrogen-bond donors (Lipinski definition) is 0. The molecule has 2 aromatic carbocycles. The van der Waals surface area contributed by atoms with Gasteiger partial charge in [0.25, 0.3) is 11.5 Å². The minimum absolute atomic E-state index is 0.00381. The highest BCUT2D eigenvalue weighted by atomic mass is 32.1. The molecule has 1 fully saturated rings. The van der Waals surface area contributed by atoms with Crippen LogP contribution in [0.2, 0.25) is 0 Å². The summed E-state index contributed by atoms with van der Waals surface area (Å²) >= 11 is 1.10. The molecule has 1 amide bonds. The summed E-state index contributed by atoms with van der Waals surface area (Å²) in [5.74, 6) is 0.116. The Labute approximate surface area is 154 Å². The number of fused-ring (bicyclic) bond motifs is 1. The van der Waals surface area contributed by atoms with Gasteiger partial charge in [0, 0.05) is 29.9 Å². The lowest BCUT2D eigenvalue weighted by Gasteiger charge is -2.17. The Morgan fingerprint density at radius 2 is 1.77 bits per heavy atom. The van der Waals surface area contributed by atoms with Crippen LogP contribution in [-0.2, 0) is 6.54 Å². The van der Waals surface area contributed by atoms with Gasteiger partial charge in [0.15, 0.2) is 0 Å². The average molecular weight is 366 g/mol. The second kappa shape index (κ2) is 6.88. The van der Waals surface area contributed by atoms with E-state index in [2.05, 4.69) is 0 Å². The Hall–Kier alpha value is -2.73. The average Bonchev–Trinajstić information content (AvgIpc) is 3.14. The minimum atomic E-state index is -0.239. The molecule has 5 nitrogen and oxygen atoms in total. The maximum atomic E-state index is 12.7. The number of aromatic nitrogens is 1. The van der Waals surface area contributed by atoms with Crippen LogP contribution in [0.3, 0.4) is 0 Å². The molecule has 6 heteroatoms. The predicted octanol–water partition coefficient (Wildman–Crippen LogP) is 2.59. The molecule has 0 spiro atoms. The molecule has 3 aromatic rings. The largest absolute Gasteiger partial charge is 0.338 e. The molecule has 1 aliphatic heterocycles. The molecule has 2 heterocycles. The van der Waals surface area contributed by atoms with Crippen LogP contribution in [0.15, 0.2) is 64.2 Å². The van der Waals surface area contributed by atoms with Crippen molar-refractivity contribution < 1.29 is 4.79 Å². The number of rotatable bonds is 3. The van der Waals surface area contributed by atoms with Crippen molar-refractivity contribution in [3.63, 3.8) is 0 Å². The van der Waals surface area contributed by atoms with Gasteiger partial charge in [-0.05, 0) is 36.6 Å². The Balaban J connectivity index is 1.54. The van der Waals surface area contributed by atoms with Crippen LogP contribution in [0, 0.1) is 5.92 Å². The molecule has 4 rings (SSSR count). The quantitative estimate of drug-likeness (QED) is 0.716. The molecule has 26 heavy (non-hydrogen) atoms. The third-order valence-corrected chi connectivity index (χ3v) is 5.79. The van der Waals surface area contributed by atoms with Crippen molar-refractivity contribution in [3.8, 4) is 0 Å². The normalized spacial score (nSPS) is 16.9. The molecule has 1 aromatic heterocycles. The first kappa shape index (κ1) is 16.7. The third kappa shape index (κ3) is 3.08. The molecule has 0 aliphatic carbocycles. The SMILES string of the molecule is O=C(c1ccccc1)N1CCC(Cn2c(=O)sc3ccccc3c2=O)C1. The lowest BCUT2D eigenvalue weighted by atomic mass is 10.1. The van der Waals surface area contributed by atoms with E-state index < -0.39 is 0 Å². The molecule has 1 aliphatic rings. The highest BCUT2D eigenvalue weighted by molar-refractivity contribution is 7.16. The van der Waals surface area contributed by atoms with Crippen molar-refractivity contribution in [1.29, 1.82) is 0 Å². The van der Waals surface area contributed by atoms with Crippen molar-refractivity contribution in [2.24, 2.45) is 5.92 Å². The van der Waals surface area contributed by atoms with E-state index >= 15 is 0 Å². The zero-order valence-electron chi connectivity index (χ0n) is 14.1. The van der Waals surface area contributed by atoms with E-state index in [4.69, 9.17) is 0 Å². The number of benzene rings is 2. The summed E-state index contributed by atoms with van der Waals surface area (Å²) in [5.41, 5.74) is 0.431. The topological polar surface area (TPSA) is 59.4 Å². The van der Waals surface area contributed by atoms with Gasteiger partial charge < -0.3 is 4.90 Å². The summed E-state index contributed by atoms with van der Waals surface area (Å²) in [7, 11) is 0. The second-order valence-electron chi connectivity index (χ2n) is 6.55. The molecule has 0 radical (unpaired) electrons. The van der Waals surface area contributed by atoms with Gasteiger partial charge >= 0.3 is 4.87 Å². The molecule has 0 bridgehead atoms. The lowest BCUT2D eigenvalue weighted by Crippen LogP contribution is -2.35. The van der Waals surface area contributed by atoms with Crippen LogP contribution < -0.4 is 10.4 Å². The molecule has 0 N–H and O–H groups in total. The lowest BCUT2D eigenvalue weighted by molar-refractivity contribution is 0.0786. The first-order valence-electron chi connectivity index (χ1n) is 8.60. The Kier molecular flexibility index (Phi) is 4.42. The summed E-state index contributed by atoms with van der Waals surface area (Å²) < 4.78 is 2.04. The van der Waals surface area contributed by atoms with E-state index in [9.17, 15) is 14.4 Å². The van der Waals surface area contributed by atoms with Crippen LogP contribution in [0.4, 0.5) is 0 Å². The third-order valence-electron chi connectivity index (χ3n) is 4.81. The van der Waals surface area contributed by atoms with Gasteiger partial charge in [-0.2, -0.15) is 0 Å². The van der Waals surface area contributed by atoms with E-state index in [0.29, 0.717) is 35.3 Å². The number of amides is 1. The fourth-order valence-corrected chi connectivity index (χ4v) is 4.32. The minimum Gasteiger partial charge on any atom is -0.338 e. The molecule has 1 saturated heterocycles. The van der Waals surface area contributed by atoms with Crippen molar-refractivity contribution in [2.45, 2.75) is 13.0 Å². The maximum absolute atomic E-state index is 12.7. The van der Waals surface area contributed by atoms with Gasteiger partial charge in [-0.25, -0.2) is 0 Å². The van der Waals surface area contributed by atoms with Gasteiger partial charge in [-0.15, -0.1) is 0 Å². The Morgan fingerprint density at radius 3 is 2.58 bits per heavy atom. The van der Waals surface area contributed by atoms with E-state index in [1.807, 2.05) is 24.3 Å². The van der Waals surface area contributed by atoms with E-state index in [1.54, 1.807) is 35.2 Å². The van der Waals surface area contributed by atoms with Crippen LogP contribution in [0.25, 0.3) is 10.1 Å². The van der Waals surface area contributed by atoms with Crippen molar-refractivity contribution in [1.82, 2.24) is 9.47 Å². The Bertz CT molecular complexity index is 1070. The first-order chi connectivity index (χ1) is 12.6. The summed E-state index contributed by atoms with van der Waals surface area (Å²) in [5, 5.41) is 0.576. The number of nitrogens with zero attached hydrogens (tertiary/aromatic N) is 2. The summed E-state index contributed by atoms with van der Waals surface area (Å²) in [6, 6.07) is 16.4. The smallest absolute Gasteiger partial charge is 0.310 e. The van der Waals surface area contributed by atoms with Gasteiger partial charge in [0.05, 0.1) is 5.39 Å². The highest BCUT2D eigenvalue weighted by Gasteiger charge is 2.28. The van der Waals surface area contributed by atoms with Crippen LogP contribution in [-0.4, -0.2) is 28.5 Å². The van der Waals surface area contributed by atoms with Crippen molar-refractivity contribution in [2.75, 3.05) is 13.1 Å². The van der Waals surface area contributed by atoms with Crippen molar-refractivity contribution in [3.05, 3.63) is 80.2 Å². The van der Waals surface area contributed by atoms with Crippen LogP contribution >= 0.6 is 11.3 Å². The van der Waals surface area contributed by atoms with Gasteiger partial charge in [-0.1, -0.05) is 41.7 Å². The van der Waals surface area contributed by atoms with Gasteiger partial charge in [0.2, 0.25) is 0 Å². The summed E-state index contributed by atoms with van der Waals surface area (Å²) in [4.78, 5) is 39.2. The van der Waals surface area contributed by atoms with E-state index in [1.165, 1.54) is 4.57 Å². The second-order valence-corrected chi connectivity index (χ2v) is 7.54. The summed E-state index contributed by atoms with van der Waals surface area (Å²) in [6.07, 6.45) is 0.794. The highest BCUT2D eigenvalue weighted by Crippen LogP contribution is 2.20. The standard InChI is InChI=1S/C20H18N2O3S/c23-18(15-6-2-1-3-7-15)21-11-10-14(12-21)13-22-19(24)16-8-4-5-9-17(16)26-20(22)25/h1-9,14H,10-13H2. The van der Waals surface area contributed by atoms with Crippen molar-refractivity contribution >= 4 is 27.3 Å². The molecule has 132 valence electrons. The molecular weight excluding hydrogens is 348 g/mol. The predicted molar refractivity (Wildman–Crippen MR) is 103 cm³/mol. The fourth-order valence-electron chi connectivity index (χ4n) is 3.45.